The Labute approximate surface area is 168 Å². The molecule has 0 radical (unpaired) electrons. The molecule has 3 aromatic carbocycles. The molecular formula is C23H26N3OP. The predicted octanol–water partition coefficient (Wildman–Crippen LogP) is 5.10. The zero-order valence-corrected chi connectivity index (χ0v) is 16.7. The highest BCUT2D eigenvalue weighted by atomic mass is 31.2. The smallest absolute Gasteiger partial charge is 0.215 e. The van der Waals surface area contributed by atoms with Crippen LogP contribution >= 0.6 is 8.45 Å². The zero-order valence-electron chi connectivity index (χ0n) is 15.9. The summed E-state index contributed by atoms with van der Waals surface area (Å²) in [6, 6.07) is 31.3. The average Bonchev–Trinajstić information content (AvgIpc) is 3.06. The number of nitrogens with zero attached hydrogens (tertiary/aromatic N) is 2. The molecule has 4 rings (SSSR count). The van der Waals surface area contributed by atoms with Crippen LogP contribution in [0.25, 0.3) is 0 Å². The van der Waals surface area contributed by atoms with Gasteiger partial charge in [0.05, 0.1) is 0 Å². The van der Waals surface area contributed by atoms with Crippen molar-refractivity contribution >= 4 is 19.8 Å². The van der Waals surface area contributed by atoms with Crippen molar-refractivity contribution in [2.24, 2.45) is 0 Å². The Morgan fingerprint density at radius 1 is 0.857 bits per heavy atom. The Morgan fingerprint density at radius 3 is 2.14 bits per heavy atom. The Kier molecular flexibility index (Phi) is 6.23. The summed E-state index contributed by atoms with van der Waals surface area (Å²) in [6.45, 7) is 2.49. The van der Waals surface area contributed by atoms with Gasteiger partial charge in [0.2, 0.25) is 8.45 Å². The van der Waals surface area contributed by atoms with Crippen LogP contribution in [0.4, 0.5) is 11.4 Å². The van der Waals surface area contributed by atoms with Crippen LogP contribution in [0.1, 0.15) is 12.0 Å². The largest absolute Gasteiger partial charge is 0.385 e. The van der Waals surface area contributed by atoms with Crippen molar-refractivity contribution in [3.63, 3.8) is 0 Å². The topological polar surface area (TPSA) is 38.7 Å². The summed E-state index contributed by atoms with van der Waals surface area (Å²) in [4.78, 5) is 11.1. The quantitative estimate of drug-likeness (QED) is 0.550. The lowest BCUT2D eigenvalue weighted by molar-refractivity contribution is 0.334. The summed E-state index contributed by atoms with van der Waals surface area (Å²) in [6.07, 6.45) is 0.977. The average molecular weight is 391 g/mol. The fourth-order valence-corrected chi connectivity index (χ4v) is 5.32. The first-order chi connectivity index (χ1) is 13.8. The van der Waals surface area contributed by atoms with Crippen LogP contribution in [0.5, 0.6) is 0 Å². The van der Waals surface area contributed by atoms with Gasteiger partial charge in [-0.15, -0.1) is 0 Å². The standard InChI is InChI=1S/C23H26N3OP/c27-28-25(18-20-10-4-1-5-11-20)23(16-17-24-21-12-6-2-7-13-21)19-26(28)22-14-8-3-9-15-22/h1-15,23-24,27H,16-19H2/t23-,28+/m0/s1. The normalized spacial score (nSPS) is 19.7. The summed E-state index contributed by atoms with van der Waals surface area (Å²) in [5.41, 5.74) is 3.47. The molecule has 0 unspecified atom stereocenters. The molecule has 2 atom stereocenters. The number of hydrogen-bond acceptors (Lipinski definition) is 4. The van der Waals surface area contributed by atoms with E-state index in [-0.39, 0.29) is 0 Å². The molecule has 3 aromatic rings. The maximum Gasteiger partial charge on any atom is 0.215 e. The maximum atomic E-state index is 11.1. The van der Waals surface area contributed by atoms with E-state index in [4.69, 9.17) is 0 Å². The van der Waals surface area contributed by atoms with Gasteiger partial charge in [-0.05, 0) is 36.2 Å². The Bertz CT molecular complexity index is 847. The Balaban J connectivity index is 1.47. The third kappa shape index (κ3) is 4.53. The molecule has 1 aliphatic heterocycles. The Hall–Kier alpha value is -2.39. The molecule has 5 heteroatoms. The molecule has 0 spiro atoms. The maximum absolute atomic E-state index is 11.1. The van der Waals surface area contributed by atoms with Crippen molar-refractivity contribution in [1.29, 1.82) is 0 Å². The second kappa shape index (κ2) is 9.20. The van der Waals surface area contributed by atoms with E-state index in [1.807, 2.05) is 42.5 Å². The molecule has 0 bridgehead atoms. The van der Waals surface area contributed by atoms with Gasteiger partial charge in [0.25, 0.3) is 0 Å². The molecule has 0 aromatic heterocycles. The van der Waals surface area contributed by atoms with Gasteiger partial charge in [-0.2, -0.15) is 0 Å². The van der Waals surface area contributed by atoms with Crippen molar-refractivity contribution < 1.29 is 4.89 Å². The minimum Gasteiger partial charge on any atom is -0.385 e. The van der Waals surface area contributed by atoms with Crippen LogP contribution in [0.15, 0.2) is 91.0 Å². The lowest BCUT2D eigenvalue weighted by Crippen LogP contribution is -2.29. The third-order valence-electron chi connectivity index (χ3n) is 5.07. The van der Waals surface area contributed by atoms with Crippen molar-refractivity contribution in [2.45, 2.75) is 19.0 Å². The lowest BCUT2D eigenvalue weighted by atomic mass is 10.1. The number of benzene rings is 3. The van der Waals surface area contributed by atoms with Gasteiger partial charge in [0.15, 0.2) is 0 Å². The van der Waals surface area contributed by atoms with Crippen LogP contribution in [0.3, 0.4) is 0 Å². The van der Waals surface area contributed by atoms with Crippen LogP contribution in [0, 0.1) is 0 Å². The first kappa shape index (κ1) is 18.9. The van der Waals surface area contributed by atoms with E-state index in [2.05, 4.69) is 63.2 Å². The van der Waals surface area contributed by atoms with E-state index in [9.17, 15) is 4.89 Å². The van der Waals surface area contributed by atoms with Gasteiger partial charge in [-0.25, -0.2) is 4.67 Å². The molecular weight excluding hydrogens is 365 g/mol. The fraction of sp³-hybridized carbons (Fsp3) is 0.217. The number of anilines is 2. The van der Waals surface area contributed by atoms with Gasteiger partial charge in [-0.1, -0.05) is 66.7 Å². The third-order valence-corrected chi connectivity index (χ3v) is 6.83. The van der Waals surface area contributed by atoms with Crippen molar-refractivity contribution in [1.82, 2.24) is 4.67 Å². The monoisotopic (exact) mass is 391 g/mol. The molecule has 2 N–H and O–H groups in total. The number of rotatable bonds is 7. The minimum atomic E-state index is -1.36. The van der Waals surface area contributed by atoms with Gasteiger partial charge in [0, 0.05) is 37.1 Å². The van der Waals surface area contributed by atoms with Gasteiger partial charge < -0.3 is 14.9 Å². The highest BCUT2D eigenvalue weighted by Gasteiger charge is 2.39. The highest BCUT2D eigenvalue weighted by Crippen LogP contribution is 2.51. The Morgan fingerprint density at radius 2 is 1.46 bits per heavy atom. The zero-order chi connectivity index (χ0) is 19.2. The highest BCUT2D eigenvalue weighted by molar-refractivity contribution is 7.51. The molecule has 1 heterocycles. The molecule has 1 fully saturated rings. The van der Waals surface area contributed by atoms with E-state index < -0.39 is 8.45 Å². The lowest BCUT2D eigenvalue weighted by Gasteiger charge is -2.27. The minimum absolute atomic E-state index is 0.299. The predicted molar refractivity (Wildman–Crippen MR) is 118 cm³/mol. The fourth-order valence-electron chi connectivity index (χ4n) is 3.60. The van der Waals surface area contributed by atoms with Gasteiger partial charge in [-0.3, -0.25) is 0 Å². The summed E-state index contributed by atoms with van der Waals surface area (Å²) in [5.74, 6) is 0. The molecule has 0 aliphatic carbocycles. The molecule has 1 saturated heterocycles. The van der Waals surface area contributed by atoms with Crippen molar-refractivity contribution in [2.75, 3.05) is 23.1 Å². The first-order valence-electron chi connectivity index (χ1n) is 9.72. The number of nitrogens with one attached hydrogen (secondary N) is 1. The summed E-state index contributed by atoms with van der Waals surface area (Å²) < 4.78 is 4.43. The van der Waals surface area contributed by atoms with E-state index >= 15 is 0 Å². The van der Waals surface area contributed by atoms with Gasteiger partial charge >= 0.3 is 0 Å². The van der Waals surface area contributed by atoms with Crippen LogP contribution in [-0.2, 0) is 6.54 Å². The number of para-hydroxylation sites is 2. The van der Waals surface area contributed by atoms with Crippen molar-refractivity contribution in [3.05, 3.63) is 96.6 Å². The van der Waals surface area contributed by atoms with Crippen LogP contribution in [0.2, 0.25) is 0 Å². The molecule has 0 amide bonds. The van der Waals surface area contributed by atoms with Crippen molar-refractivity contribution in [3.8, 4) is 0 Å². The summed E-state index contributed by atoms with van der Waals surface area (Å²) in [7, 11) is -1.36. The SMILES string of the molecule is O[P@@]1N(c2ccccc2)C[C@H](CCNc2ccccc2)N1Cc1ccccc1. The first-order valence-corrected chi connectivity index (χ1v) is 10.9. The van der Waals surface area contributed by atoms with E-state index in [1.165, 1.54) is 5.56 Å². The molecule has 28 heavy (non-hydrogen) atoms. The molecule has 1 aliphatic rings. The van der Waals surface area contributed by atoms with E-state index in [0.717, 1.165) is 37.4 Å². The summed E-state index contributed by atoms with van der Waals surface area (Å²) >= 11 is 0. The molecule has 0 saturated carbocycles. The molecule has 4 nitrogen and oxygen atoms in total. The second-order valence-corrected chi connectivity index (χ2v) is 8.54. The van der Waals surface area contributed by atoms with Crippen LogP contribution < -0.4 is 9.99 Å². The van der Waals surface area contributed by atoms with Gasteiger partial charge in [0.1, 0.15) is 0 Å². The second-order valence-electron chi connectivity index (χ2n) is 7.00. The van der Waals surface area contributed by atoms with Crippen LogP contribution in [-0.4, -0.2) is 28.7 Å². The molecule has 144 valence electrons. The number of hydrogen-bond donors (Lipinski definition) is 2. The van der Waals surface area contributed by atoms with E-state index in [0.29, 0.717) is 6.04 Å². The van der Waals surface area contributed by atoms with E-state index in [1.54, 1.807) is 0 Å². The summed E-state index contributed by atoms with van der Waals surface area (Å²) in [5, 5.41) is 3.51.